The van der Waals surface area contributed by atoms with Crippen LogP contribution in [0, 0.1) is 5.92 Å². The number of hydrazine groups is 1. The van der Waals surface area contributed by atoms with Crippen molar-refractivity contribution in [1.82, 2.24) is 10.3 Å². The fourth-order valence-electron chi connectivity index (χ4n) is 2.27. The van der Waals surface area contributed by atoms with E-state index >= 15 is 0 Å². The van der Waals surface area contributed by atoms with Crippen molar-refractivity contribution in [3.8, 4) is 0 Å². The number of rotatable bonds is 2. The number of carboxylic acid groups (broad SMARTS) is 1. The lowest BCUT2D eigenvalue weighted by Gasteiger charge is -2.29. The summed E-state index contributed by atoms with van der Waals surface area (Å²) in [4.78, 5) is 8.78. The molecule has 0 saturated carbocycles. The molecule has 0 atom stereocenters. The number of para-hydroxylation sites is 1. The zero-order valence-corrected chi connectivity index (χ0v) is 11.8. The quantitative estimate of drug-likeness (QED) is 0.797. The highest BCUT2D eigenvalue weighted by molar-refractivity contribution is 5.70. The summed E-state index contributed by atoms with van der Waals surface area (Å²) in [5, 5.41) is 14.4. The highest BCUT2D eigenvalue weighted by atomic mass is 19.4. The van der Waals surface area contributed by atoms with E-state index in [1.165, 1.54) is 11.3 Å². The number of hydrogen-bond acceptors (Lipinski definition) is 4. The van der Waals surface area contributed by atoms with Crippen LogP contribution in [-0.2, 0) is 11.3 Å². The number of aliphatic carboxylic acids is 1. The molecule has 2 heterocycles. The van der Waals surface area contributed by atoms with Crippen LogP contribution in [-0.4, -0.2) is 48.2 Å². The minimum Gasteiger partial charge on any atom is -0.542 e. The Labute approximate surface area is 125 Å². The standard InChI is InChI=1S/C12H16N3.C2HF3O2/c1-14-12-5-3-2-4-11(12)9-15(14)8-10-6-13-7-10;3-2(4,5)1(6)7/h2-5,10,13H,1,6-9H2;(H,6,7)/q+1;/p-1. The number of fused-ring (bicyclic) bond motifs is 1. The number of hydrogen-bond donors (Lipinski definition) is 1. The van der Waals surface area contributed by atoms with Gasteiger partial charge in [-0.1, -0.05) is 22.9 Å². The van der Waals surface area contributed by atoms with E-state index in [2.05, 4.69) is 41.3 Å². The third-order valence-corrected chi connectivity index (χ3v) is 3.53. The van der Waals surface area contributed by atoms with Gasteiger partial charge in [-0.05, 0) is 0 Å². The summed E-state index contributed by atoms with van der Waals surface area (Å²) < 4.78 is 33.6. The van der Waals surface area contributed by atoms with Crippen molar-refractivity contribution in [1.29, 1.82) is 0 Å². The van der Waals surface area contributed by atoms with Gasteiger partial charge in [-0.2, -0.15) is 18.2 Å². The smallest absolute Gasteiger partial charge is 0.430 e. The largest absolute Gasteiger partial charge is 0.542 e. The predicted octanol–water partition coefficient (Wildman–Crippen LogP) is 0.280. The van der Waals surface area contributed by atoms with Gasteiger partial charge in [0.05, 0.1) is 12.1 Å². The Morgan fingerprint density at radius 1 is 1.41 bits per heavy atom. The van der Waals surface area contributed by atoms with E-state index in [9.17, 15) is 13.2 Å². The molecule has 120 valence electrons. The summed E-state index contributed by atoms with van der Waals surface area (Å²) in [5.41, 5.74) is 2.64. The highest BCUT2D eigenvalue weighted by Crippen LogP contribution is 2.28. The van der Waals surface area contributed by atoms with Gasteiger partial charge >= 0.3 is 6.18 Å². The molecule has 0 aromatic heterocycles. The van der Waals surface area contributed by atoms with E-state index in [4.69, 9.17) is 9.90 Å². The maximum Gasteiger partial charge on any atom is 0.430 e. The molecule has 1 saturated heterocycles. The number of hydrazone groups is 1. The Balaban J connectivity index is 0.000000217. The monoisotopic (exact) mass is 315 g/mol. The second kappa shape index (κ2) is 6.35. The number of alkyl halides is 3. The first-order chi connectivity index (χ1) is 10.3. The van der Waals surface area contributed by atoms with Crippen LogP contribution in [0.25, 0.3) is 0 Å². The van der Waals surface area contributed by atoms with Gasteiger partial charge in [0.25, 0.3) is 0 Å². The molecule has 0 unspecified atom stereocenters. The number of nitrogens with one attached hydrogen (secondary N) is 1. The molecule has 2 aliphatic rings. The SMILES string of the molecule is C=[N+]1c2ccccc2CN1CC1CNC1.O=C([O-])C(F)(F)F. The first-order valence-electron chi connectivity index (χ1n) is 6.71. The van der Waals surface area contributed by atoms with Crippen molar-refractivity contribution >= 4 is 18.4 Å². The van der Waals surface area contributed by atoms with Crippen molar-refractivity contribution < 1.29 is 27.8 Å². The van der Waals surface area contributed by atoms with Gasteiger partial charge in [0.2, 0.25) is 5.69 Å². The first kappa shape index (κ1) is 16.3. The second-order valence-electron chi connectivity index (χ2n) is 5.18. The van der Waals surface area contributed by atoms with E-state index in [0.29, 0.717) is 0 Å². The van der Waals surface area contributed by atoms with E-state index < -0.39 is 12.1 Å². The van der Waals surface area contributed by atoms with Crippen molar-refractivity contribution in [3.63, 3.8) is 0 Å². The topological polar surface area (TPSA) is 58.4 Å². The zero-order chi connectivity index (χ0) is 16.3. The molecule has 1 aromatic rings. The molecular weight excluding hydrogens is 299 g/mol. The highest BCUT2D eigenvalue weighted by Gasteiger charge is 2.32. The molecule has 0 amide bonds. The van der Waals surface area contributed by atoms with E-state index in [-0.39, 0.29) is 0 Å². The Morgan fingerprint density at radius 2 is 2.00 bits per heavy atom. The normalized spacial score (nSPS) is 17.4. The summed E-state index contributed by atoms with van der Waals surface area (Å²) >= 11 is 0. The molecule has 0 aliphatic carbocycles. The maximum absolute atomic E-state index is 10.5. The average molecular weight is 315 g/mol. The molecule has 2 aliphatic heterocycles. The van der Waals surface area contributed by atoms with Gasteiger partial charge in [-0.15, -0.1) is 0 Å². The van der Waals surface area contributed by atoms with Gasteiger partial charge in [0.15, 0.2) is 6.72 Å². The Bertz CT molecular complexity index is 571. The van der Waals surface area contributed by atoms with Crippen molar-refractivity contribution in [2.75, 3.05) is 19.6 Å². The van der Waals surface area contributed by atoms with Gasteiger partial charge in [0.1, 0.15) is 12.5 Å². The summed E-state index contributed by atoms with van der Waals surface area (Å²) in [7, 11) is 0. The fraction of sp³-hybridized carbons (Fsp3) is 0.429. The number of nitrogens with zero attached hydrogens (tertiary/aromatic N) is 2. The van der Waals surface area contributed by atoms with Gasteiger partial charge in [0, 0.05) is 25.1 Å². The number of carbonyl (C=O) groups is 1. The number of carboxylic acids is 1. The van der Waals surface area contributed by atoms with E-state index in [1.54, 1.807) is 0 Å². The molecule has 3 rings (SSSR count). The lowest BCUT2D eigenvalue weighted by molar-refractivity contribution is -0.610. The maximum atomic E-state index is 10.5. The van der Waals surface area contributed by atoms with Crippen molar-refractivity contribution in [2.45, 2.75) is 12.7 Å². The molecule has 5 nitrogen and oxygen atoms in total. The summed E-state index contributed by atoms with van der Waals surface area (Å²) in [6.07, 6.45) is -5.19. The number of carbonyl (C=O) groups excluding carboxylic acids is 1. The van der Waals surface area contributed by atoms with Crippen LogP contribution < -0.4 is 10.4 Å². The van der Waals surface area contributed by atoms with Gasteiger partial charge in [-0.3, -0.25) is 0 Å². The second-order valence-corrected chi connectivity index (χ2v) is 5.18. The summed E-state index contributed by atoms with van der Waals surface area (Å²) in [5.74, 6) is -2.21. The zero-order valence-electron chi connectivity index (χ0n) is 11.8. The molecule has 0 radical (unpaired) electrons. The Kier molecular flexibility index (Phi) is 4.70. The third-order valence-electron chi connectivity index (χ3n) is 3.53. The Morgan fingerprint density at radius 3 is 2.45 bits per heavy atom. The van der Waals surface area contributed by atoms with Crippen LogP contribution in [0.2, 0.25) is 0 Å². The van der Waals surface area contributed by atoms with Crippen LogP contribution in [0.4, 0.5) is 18.9 Å². The molecule has 1 fully saturated rings. The van der Waals surface area contributed by atoms with Crippen LogP contribution >= 0.6 is 0 Å². The minimum atomic E-state index is -5.19. The molecule has 0 spiro atoms. The van der Waals surface area contributed by atoms with Gasteiger partial charge < -0.3 is 15.2 Å². The van der Waals surface area contributed by atoms with E-state index in [0.717, 1.165) is 32.1 Å². The lowest BCUT2D eigenvalue weighted by atomic mass is 10.0. The van der Waals surface area contributed by atoms with Crippen LogP contribution in [0.5, 0.6) is 0 Å². The molecular formula is C14H16F3N3O2. The van der Waals surface area contributed by atoms with Crippen molar-refractivity contribution in [3.05, 3.63) is 29.8 Å². The Hall–Kier alpha value is -2.09. The molecule has 1 aromatic carbocycles. The van der Waals surface area contributed by atoms with Crippen LogP contribution in [0.1, 0.15) is 5.56 Å². The van der Waals surface area contributed by atoms with Crippen molar-refractivity contribution in [2.24, 2.45) is 5.92 Å². The molecule has 22 heavy (non-hydrogen) atoms. The molecule has 1 N–H and O–H groups in total. The summed E-state index contributed by atoms with van der Waals surface area (Å²) in [6, 6.07) is 8.50. The lowest BCUT2D eigenvalue weighted by Crippen LogP contribution is -2.48. The summed E-state index contributed by atoms with van der Waals surface area (Å²) in [6.45, 7) is 8.54. The fourth-order valence-corrected chi connectivity index (χ4v) is 2.27. The molecule has 8 heteroatoms. The predicted molar refractivity (Wildman–Crippen MR) is 71.3 cm³/mol. The third kappa shape index (κ3) is 3.76. The molecule has 0 bridgehead atoms. The van der Waals surface area contributed by atoms with Crippen LogP contribution in [0.3, 0.4) is 0 Å². The number of halogens is 3. The van der Waals surface area contributed by atoms with Gasteiger partial charge in [-0.25, -0.2) is 0 Å². The minimum absolute atomic E-state index is 0.795. The van der Waals surface area contributed by atoms with Crippen LogP contribution in [0.15, 0.2) is 24.3 Å². The number of benzene rings is 1. The average Bonchev–Trinajstić information content (AvgIpc) is 2.71. The van der Waals surface area contributed by atoms with E-state index in [1.807, 2.05) is 4.68 Å². The first-order valence-corrected chi connectivity index (χ1v) is 6.71.